The molecule has 7 heteroatoms. The van der Waals surface area contributed by atoms with Gasteiger partial charge in [0, 0.05) is 44.9 Å². The van der Waals surface area contributed by atoms with E-state index in [2.05, 4.69) is 41.5 Å². The molecule has 0 aliphatic rings. The Hall–Kier alpha value is -0.890. The summed E-state index contributed by atoms with van der Waals surface area (Å²) in [6.07, 6.45) is 1.88. The third-order valence-corrected chi connectivity index (χ3v) is 4.17. The lowest BCUT2D eigenvalue weighted by Gasteiger charge is -2.18. The second-order valence-electron chi connectivity index (χ2n) is 6.29. The molecule has 0 aliphatic carbocycles. The van der Waals surface area contributed by atoms with Gasteiger partial charge < -0.3 is 30.2 Å². The van der Waals surface area contributed by atoms with Crippen LogP contribution in [0.1, 0.15) is 18.4 Å². The van der Waals surface area contributed by atoms with Gasteiger partial charge in [-0.3, -0.25) is 0 Å². The average molecular weight is 402 g/mol. The van der Waals surface area contributed by atoms with Crippen LogP contribution in [0, 0.1) is 0 Å². The number of ether oxygens (including phenoxy) is 3. The molecule has 0 bridgehead atoms. The number of hydrogen-bond donors (Lipinski definition) is 2. The first kappa shape index (κ1) is 24.1. The summed E-state index contributed by atoms with van der Waals surface area (Å²) in [5, 5.41) is 3.44. The molecule has 0 saturated carbocycles. The summed E-state index contributed by atoms with van der Waals surface area (Å²) in [7, 11) is 2.05. The van der Waals surface area contributed by atoms with Crippen LogP contribution >= 0.6 is 11.6 Å². The van der Waals surface area contributed by atoms with Crippen molar-refractivity contribution in [2.75, 3.05) is 77.1 Å². The van der Waals surface area contributed by atoms with Crippen molar-refractivity contribution in [3.63, 3.8) is 0 Å². The Morgan fingerprint density at radius 3 is 2.11 bits per heavy atom. The van der Waals surface area contributed by atoms with E-state index in [1.54, 1.807) is 0 Å². The molecule has 1 aromatic carbocycles. The molecule has 27 heavy (non-hydrogen) atoms. The highest BCUT2D eigenvalue weighted by atomic mass is 35.5. The van der Waals surface area contributed by atoms with Gasteiger partial charge in [0.25, 0.3) is 0 Å². The molecule has 0 aliphatic heterocycles. The van der Waals surface area contributed by atoms with Crippen molar-refractivity contribution in [3.8, 4) is 0 Å². The molecule has 0 unspecified atom stereocenters. The Labute approximate surface area is 169 Å². The molecule has 0 amide bonds. The Balaban J connectivity index is 1.90. The third-order valence-electron chi connectivity index (χ3n) is 4.01. The first-order valence-corrected chi connectivity index (χ1v) is 10.3. The average Bonchev–Trinajstić information content (AvgIpc) is 2.69. The molecule has 156 valence electrons. The van der Waals surface area contributed by atoms with Crippen LogP contribution in [0.15, 0.2) is 24.3 Å². The highest BCUT2D eigenvalue weighted by Gasteiger charge is 2.00. The molecule has 6 nitrogen and oxygen atoms in total. The lowest BCUT2D eigenvalue weighted by Crippen LogP contribution is -2.20. The van der Waals surface area contributed by atoms with Crippen LogP contribution in [-0.4, -0.2) is 72.2 Å². The number of nitrogens with zero attached hydrogens (tertiary/aromatic N) is 1. The van der Waals surface area contributed by atoms with Crippen molar-refractivity contribution in [1.29, 1.82) is 0 Å². The van der Waals surface area contributed by atoms with Gasteiger partial charge in [0.05, 0.1) is 26.4 Å². The third kappa shape index (κ3) is 13.0. The minimum absolute atomic E-state index is 0.607. The lowest BCUT2D eigenvalue weighted by molar-refractivity contribution is 0.0140. The van der Waals surface area contributed by atoms with Crippen LogP contribution < -0.4 is 16.0 Å². The number of rotatable bonds is 18. The molecule has 0 heterocycles. The summed E-state index contributed by atoms with van der Waals surface area (Å²) >= 11 is 5.77. The van der Waals surface area contributed by atoms with Gasteiger partial charge in [0.2, 0.25) is 0 Å². The molecular weight excluding hydrogens is 366 g/mol. The maximum absolute atomic E-state index is 5.77. The highest BCUT2D eigenvalue weighted by molar-refractivity contribution is 6.18. The van der Waals surface area contributed by atoms with E-state index < -0.39 is 0 Å². The second-order valence-corrected chi connectivity index (χ2v) is 6.66. The van der Waals surface area contributed by atoms with Crippen LogP contribution in [-0.2, 0) is 20.8 Å². The number of hydrogen-bond acceptors (Lipinski definition) is 6. The van der Waals surface area contributed by atoms with E-state index in [0.717, 1.165) is 39.1 Å². The van der Waals surface area contributed by atoms with Crippen LogP contribution in [0.4, 0.5) is 5.69 Å². The van der Waals surface area contributed by atoms with E-state index in [-0.39, 0.29) is 0 Å². The molecule has 1 rings (SSSR count). The predicted molar refractivity (Wildman–Crippen MR) is 113 cm³/mol. The smallest absolute Gasteiger partial charge is 0.0701 e. The zero-order chi connectivity index (χ0) is 19.6. The fourth-order valence-corrected chi connectivity index (χ4v) is 2.64. The van der Waals surface area contributed by atoms with Crippen LogP contribution in [0.25, 0.3) is 0 Å². The molecule has 0 radical (unpaired) electrons. The van der Waals surface area contributed by atoms with E-state index in [4.69, 9.17) is 31.5 Å². The van der Waals surface area contributed by atoms with Gasteiger partial charge in [-0.2, -0.15) is 0 Å². The summed E-state index contributed by atoms with van der Waals surface area (Å²) in [6, 6.07) is 8.58. The predicted octanol–water partition coefficient (Wildman–Crippen LogP) is 2.24. The van der Waals surface area contributed by atoms with Gasteiger partial charge in [-0.15, -0.1) is 11.6 Å². The molecule has 0 spiro atoms. The first-order valence-electron chi connectivity index (χ1n) is 9.78. The zero-order valence-electron chi connectivity index (χ0n) is 16.6. The van der Waals surface area contributed by atoms with Crippen molar-refractivity contribution < 1.29 is 14.2 Å². The van der Waals surface area contributed by atoms with Crippen molar-refractivity contribution in [3.05, 3.63) is 29.8 Å². The fourth-order valence-electron chi connectivity index (χ4n) is 2.38. The van der Waals surface area contributed by atoms with Gasteiger partial charge in [-0.05, 0) is 43.6 Å². The molecular formula is C20H36ClN3O3. The number of benzene rings is 1. The van der Waals surface area contributed by atoms with E-state index in [1.807, 2.05) is 0 Å². The first-order chi connectivity index (χ1) is 13.3. The molecule has 0 atom stereocenters. The molecule has 0 aromatic heterocycles. The van der Waals surface area contributed by atoms with Gasteiger partial charge in [-0.25, -0.2) is 0 Å². The van der Waals surface area contributed by atoms with Crippen LogP contribution in [0.2, 0.25) is 0 Å². The summed E-state index contributed by atoms with van der Waals surface area (Å²) in [5.41, 5.74) is 7.85. The van der Waals surface area contributed by atoms with Crippen molar-refractivity contribution in [1.82, 2.24) is 5.32 Å². The standard InChI is InChI=1S/C20H36ClN3O3/c1-24(11-8-21)20-6-4-19(5-7-20)18-23-10-3-13-26-15-17-27-16-14-25-12-2-9-22/h4-7,23H,2-3,8-18,22H2,1H3. The van der Waals surface area contributed by atoms with Crippen molar-refractivity contribution in [2.45, 2.75) is 19.4 Å². The Morgan fingerprint density at radius 2 is 1.52 bits per heavy atom. The van der Waals surface area contributed by atoms with Crippen molar-refractivity contribution >= 4 is 17.3 Å². The van der Waals surface area contributed by atoms with E-state index >= 15 is 0 Å². The maximum atomic E-state index is 5.77. The summed E-state index contributed by atoms with van der Waals surface area (Å²) in [4.78, 5) is 2.15. The number of nitrogens with one attached hydrogen (secondary N) is 1. The quantitative estimate of drug-likeness (QED) is 0.290. The number of anilines is 1. The van der Waals surface area contributed by atoms with E-state index in [0.29, 0.717) is 45.5 Å². The Morgan fingerprint density at radius 1 is 0.926 bits per heavy atom. The zero-order valence-corrected chi connectivity index (χ0v) is 17.4. The minimum atomic E-state index is 0.607. The minimum Gasteiger partial charge on any atom is -0.379 e. The van der Waals surface area contributed by atoms with Crippen LogP contribution in [0.3, 0.4) is 0 Å². The lowest BCUT2D eigenvalue weighted by atomic mass is 10.2. The molecule has 3 N–H and O–H groups in total. The second kappa shape index (κ2) is 17.2. The van der Waals surface area contributed by atoms with Gasteiger partial charge in [-0.1, -0.05) is 12.1 Å². The van der Waals surface area contributed by atoms with Crippen molar-refractivity contribution in [2.24, 2.45) is 5.73 Å². The van der Waals surface area contributed by atoms with E-state index in [1.165, 1.54) is 11.3 Å². The fraction of sp³-hybridized carbons (Fsp3) is 0.700. The Kier molecular flexibility index (Phi) is 15.4. The van der Waals surface area contributed by atoms with Gasteiger partial charge >= 0.3 is 0 Å². The number of halogens is 1. The van der Waals surface area contributed by atoms with Gasteiger partial charge in [0.1, 0.15) is 0 Å². The van der Waals surface area contributed by atoms with Crippen LogP contribution in [0.5, 0.6) is 0 Å². The summed E-state index contributed by atoms with van der Waals surface area (Å²) < 4.78 is 16.3. The van der Waals surface area contributed by atoms with Gasteiger partial charge in [0.15, 0.2) is 0 Å². The number of alkyl halides is 1. The number of nitrogens with two attached hydrogens (primary N) is 1. The summed E-state index contributed by atoms with van der Waals surface area (Å²) in [5.74, 6) is 0.637. The normalized spacial score (nSPS) is 11.1. The summed E-state index contributed by atoms with van der Waals surface area (Å²) in [6.45, 7) is 7.23. The maximum Gasteiger partial charge on any atom is 0.0701 e. The Bertz CT molecular complexity index is 449. The molecule has 0 fully saturated rings. The molecule has 1 aromatic rings. The van der Waals surface area contributed by atoms with E-state index in [9.17, 15) is 0 Å². The largest absolute Gasteiger partial charge is 0.379 e. The SMILES string of the molecule is CN(CCCl)c1ccc(CNCCCOCCOCCOCCCN)cc1. The highest BCUT2D eigenvalue weighted by Crippen LogP contribution is 2.13. The topological polar surface area (TPSA) is 69.0 Å². The molecule has 0 saturated heterocycles. The monoisotopic (exact) mass is 401 g/mol.